The lowest BCUT2D eigenvalue weighted by Gasteiger charge is -1.95. The second kappa shape index (κ2) is 4.27. The van der Waals surface area contributed by atoms with Crippen molar-refractivity contribution in [2.75, 3.05) is 11.9 Å². The van der Waals surface area contributed by atoms with E-state index in [2.05, 4.69) is 10.3 Å². The highest BCUT2D eigenvalue weighted by Crippen LogP contribution is 2.32. The van der Waals surface area contributed by atoms with Gasteiger partial charge >= 0.3 is 5.97 Å². The summed E-state index contributed by atoms with van der Waals surface area (Å²) in [6.45, 7) is 2.74. The maximum Gasteiger partial charge on any atom is 0.335 e. The summed E-state index contributed by atoms with van der Waals surface area (Å²) in [7, 11) is 0. The Labute approximate surface area is 101 Å². The molecule has 1 heterocycles. The Bertz CT molecular complexity index is 553. The maximum absolute atomic E-state index is 10.8. The van der Waals surface area contributed by atoms with E-state index in [0.717, 1.165) is 16.4 Å². The first-order valence-electron chi connectivity index (χ1n) is 4.69. The third-order valence-corrected chi connectivity index (χ3v) is 3.27. The van der Waals surface area contributed by atoms with Crippen LogP contribution >= 0.6 is 22.9 Å². The standard InChI is InChI=1S/C10H9ClN2O2S/c1-2-12-10-13-8-6(11)3-5(9(14)15)4-7(8)16-10/h3-4H,2H2,1H3,(H,12,13)(H,14,15). The molecule has 0 aliphatic heterocycles. The first kappa shape index (κ1) is 11.2. The third-order valence-electron chi connectivity index (χ3n) is 2.02. The first-order chi connectivity index (χ1) is 7.61. The van der Waals surface area contributed by atoms with Gasteiger partial charge in [-0.15, -0.1) is 0 Å². The maximum atomic E-state index is 10.8. The second-order valence-electron chi connectivity index (χ2n) is 3.16. The lowest BCUT2D eigenvalue weighted by Crippen LogP contribution is -1.95. The van der Waals surface area contributed by atoms with Crippen molar-refractivity contribution in [1.82, 2.24) is 4.98 Å². The van der Waals surface area contributed by atoms with Gasteiger partial charge in [0, 0.05) is 6.54 Å². The van der Waals surface area contributed by atoms with E-state index in [-0.39, 0.29) is 5.56 Å². The largest absolute Gasteiger partial charge is 0.478 e. The quantitative estimate of drug-likeness (QED) is 0.886. The average molecular weight is 257 g/mol. The molecule has 1 aromatic carbocycles. The van der Waals surface area contributed by atoms with Crippen LogP contribution in [0.4, 0.5) is 5.13 Å². The van der Waals surface area contributed by atoms with Gasteiger partial charge in [-0.3, -0.25) is 0 Å². The molecule has 0 radical (unpaired) electrons. The molecule has 84 valence electrons. The molecule has 0 saturated heterocycles. The van der Waals surface area contributed by atoms with Gasteiger partial charge in [0.05, 0.1) is 15.3 Å². The molecule has 2 aromatic rings. The number of fused-ring (bicyclic) bond motifs is 1. The summed E-state index contributed by atoms with van der Waals surface area (Å²) in [5.74, 6) is -0.984. The fraction of sp³-hybridized carbons (Fsp3) is 0.200. The van der Waals surface area contributed by atoms with Crippen LogP contribution in [-0.4, -0.2) is 22.6 Å². The molecule has 0 amide bonds. The van der Waals surface area contributed by atoms with Crippen molar-refractivity contribution < 1.29 is 9.90 Å². The van der Waals surface area contributed by atoms with Gasteiger partial charge in [-0.25, -0.2) is 9.78 Å². The number of benzene rings is 1. The number of carboxylic acids is 1. The minimum Gasteiger partial charge on any atom is -0.478 e. The molecule has 0 atom stereocenters. The van der Waals surface area contributed by atoms with Crippen LogP contribution in [0, 0.1) is 0 Å². The van der Waals surface area contributed by atoms with Crippen LogP contribution in [0.15, 0.2) is 12.1 Å². The number of thiazole rings is 1. The number of hydrogen-bond donors (Lipinski definition) is 2. The van der Waals surface area contributed by atoms with E-state index < -0.39 is 5.97 Å². The van der Waals surface area contributed by atoms with Crippen LogP contribution < -0.4 is 5.32 Å². The molecular formula is C10H9ClN2O2S. The number of aromatic nitrogens is 1. The van der Waals surface area contributed by atoms with Gasteiger partial charge in [-0.1, -0.05) is 22.9 Å². The van der Waals surface area contributed by atoms with Crippen molar-refractivity contribution in [3.8, 4) is 0 Å². The van der Waals surface area contributed by atoms with Crippen LogP contribution in [0.25, 0.3) is 10.2 Å². The molecule has 4 nitrogen and oxygen atoms in total. The summed E-state index contributed by atoms with van der Waals surface area (Å²) in [6, 6.07) is 3.00. The number of nitrogens with zero attached hydrogens (tertiary/aromatic N) is 1. The number of carboxylic acid groups (broad SMARTS) is 1. The summed E-state index contributed by atoms with van der Waals surface area (Å²) >= 11 is 7.37. The Morgan fingerprint density at radius 1 is 1.62 bits per heavy atom. The Hall–Kier alpha value is -1.33. The molecule has 0 unspecified atom stereocenters. The normalized spacial score (nSPS) is 10.6. The molecule has 0 bridgehead atoms. The molecule has 1 aromatic heterocycles. The Morgan fingerprint density at radius 2 is 2.38 bits per heavy atom. The lowest BCUT2D eigenvalue weighted by molar-refractivity contribution is 0.0697. The van der Waals surface area contributed by atoms with Crippen molar-refractivity contribution >= 4 is 44.3 Å². The molecule has 0 spiro atoms. The molecular weight excluding hydrogens is 248 g/mol. The first-order valence-corrected chi connectivity index (χ1v) is 5.88. The predicted molar refractivity (Wildman–Crippen MR) is 65.8 cm³/mol. The Morgan fingerprint density at radius 3 is 3.00 bits per heavy atom. The Balaban J connectivity index is 2.58. The minimum atomic E-state index is -0.984. The molecule has 16 heavy (non-hydrogen) atoms. The fourth-order valence-corrected chi connectivity index (χ4v) is 2.66. The minimum absolute atomic E-state index is 0.184. The van der Waals surface area contributed by atoms with Crippen molar-refractivity contribution in [2.45, 2.75) is 6.92 Å². The van der Waals surface area contributed by atoms with Crippen LogP contribution in [0.1, 0.15) is 17.3 Å². The number of nitrogens with one attached hydrogen (secondary N) is 1. The molecule has 6 heteroatoms. The van der Waals surface area contributed by atoms with Crippen LogP contribution in [0.5, 0.6) is 0 Å². The molecule has 0 aliphatic carbocycles. The van der Waals surface area contributed by atoms with Crippen LogP contribution in [-0.2, 0) is 0 Å². The molecule has 0 fully saturated rings. The fourth-order valence-electron chi connectivity index (χ4n) is 1.34. The van der Waals surface area contributed by atoms with E-state index in [1.807, 2.05) is 6.92 Å². The zero-order chi connectivity index (χ0) is 11.7. The van der Waals surface area contributed by atoms with E-state index in [0.29, 0.717) is 10.5 Å². The number of aromatic carboxylic acids is 1. The van der Waals surface area contributed by atoms with Crippen molar-refractivity contribution in [3.63, 3.8) is 0 Å². The van der Waals surface area contributed by atoms with E-state index in [4.69, 9.17) is 16.7 Å². The molecule has 0 aliphatic rings. The van der Waals surface area contributed by atoms with Crippen LogP contribution in [0.3, 0.4) is 0 Å². The highest BCUT2D eigenvalue weighted by molar-refractivity contribution is 7.22. The third kappa shape index (κ3) is 1.96. The van der Waals surface area contributed by atoms with Gasteiger partial charge in [-0.05, 0) is 19.1 Å². The zero-order valence-corrected chi connectivity index (χ0v) is 10.0. The monoisotopic (exact) mass is 256 g/mol. The number of carbonyl (C=O) groups is 1. The average Bonchev–Trinajstić information content (AvgIpc) is 2.61. The summed E-state index contributed by atoms with van der Waals surface area (Å²) in [6.07, 6.45) is 0. The van der Waals surface area contributed by atoms with Crippen LogP contribution in [0.2, 0.25) is 5.02 Å². The summed E-state index contributed by atoms with van der Waals surface area (Å²) in [4.78, 5) is 15.1. The molecule has 2 N–H and O–H groups in total. The predicted octanol–water partition coefficient (Wildman–Crippen LogP) is 3.08. The summed E-state index contributed by atoms with van der Waals surface area (Å²) < 4.78 is 0.779. The lowest BCUT2D eigenvalue weighted by atomic mass is 10.2. The summed E-state index contributed by atoms with van der Waals surface area (Å²) in [5.41, 5.74) is 0.830. The highest BCUT2D eigenvalue weighted by Gasteiger charge is 2.11. The van der Waals surface area contributed by atoms with Crippen molar-refractivity contribution in [2.24, 2.45) is 0 Å². The SMILES string of the molecule is CCNc1nc2c(Cl)cc(C(=O)O)cc2s1. The van der Waals surface area contributed by atoms with Crippen molar-refractivity contribution in [3.05, 3.63) is 22.7 Å². The van der Waals surface area contributed by atoms with Gasteiger partial charge in [0.25, 0.3) is 0 Å². The number of hydrogen-bond acceptors (Lipinski definition) is 4. The molecule has 0 saturated carbocycles. The van der Waals surface area contributed by atoms with Gasteiger partial charge in [-0.2, -0.15) is 0 Å². The molecule has 2 rings (SSSR count). The van der Waals surface area contributed by atoms with Crippen molar-refractivity contribution in [1.29, 1.82) is 0 Å². The number of anilines is 1. The van der Waals surface area contributed by atoms with Gasteiger partial charge < -0.3 is 10.4 Å². The highest BCUT2D eigenvalue weighted by atomic mass is 35.5. The van der Waals surface area contributed by atoms with Gasteiger partial charge in [0.2, 0.25) is 0 Å². The summed E-state index contributed by atoms with van der Waals surface area (Å²) in [5, 5.41) is 13.1. The Kier molecular flexibility index (Phi) is 2.98. The van der Waals surface area contributed by atoms with Gasteiger partial charge in [0.15, 0.2) is 5.13 Å². The number of rotatable bonds is 3. The van der Waals surface area contributed by atoms with Gasteiger partial charge in [0.1, 0.15) is 5.52 Å². The smallest absolute Gasteiger partial charge is 0.335 e. The topological polar surface area (TPSA) is 62.2 Å². The van der Waals surface area contributed by atoms with E-state index >= 15 is 0 Å². The van der Waals surface area contributed by atoms with E-state index in [9.17, 15) is 4.79 Å². The second-order valence-corrected chi connectivity index (χ2v) is 4.60. The van der Waals surface area contributed by atoms with E-state index in [1.165, 1.54) is 17.4 Å². The number of halogens is 1. The van der Waals surface area contributed by atoms with E-state index in [1.54, 1.807) is 6.07 Å². The zero-order valence-electron chi connectivity index (χ0n) is 8.45.